The number of methoxy groups -OCH3 is 1. The number of hydrogen-bond acceptors (Lipinski definition) is 3. The van der Waals surface area contributed by atoms with Crippen LogP contribution in [0.4, 0.5) is 0 Å². The number of carbonyl (C=O) groups excluding carboxylic acids is 2. The molecule has 1 N–H and O–H groups in total. The Labute approximate surface area is 178 Å². The quantitative estimate of drug-likeness (QED) is 0.630. The van der Waals surface area contributed by atoms with E-state index >= 15 is 0 Å². The van der Waals surface area contributed by atoms with Crippen LogP contribution in [0.2, 0.25) is 5.02 Å². The number of amides is 2. The van der Waals surface area contributed by atoms with Crippen LogP contribution in [0.25, 0.3) is 0 Å². The van der Waals surface area contributed by atoms with Gasteiger partial charge in [-0.2, -0.15) is 0 Å². The molecule has 0 spiro atoms. The van der Waals surface area contributed by atoms with E-state index in [1.165, 1.54) is 0 Å². The van der Waals surface area contributed by atoms with E-state index in [9.17, 15) is 9.59 Å². The molecule has 156 valence electrons. The Hall–Kier alpha value is -2.53. The molecule has 0 aliphatic rings. The second-order valence-corrected chi connectivity index (χ2v) is 7.34. The molecule has 0 bridgehead atoms. The predicted octanol–water partition coefficient (Wildman–Crippen LogP) is 4.22. The highest BCUT2D eigenvalue weighted by Crippen LogP contribution is 2.20. The third kappa shape index (κ3) is 6.79. The molecule has 5 nitrogen and oxygen atoms in total. The maximum absolute atomic E-state index is 13.1. The minimum Gasteiger partial charge on any atom is -0.497 e. The van der Waals surface area contributed by atoms with Crippen LogP contribution in [0.1, 0.15) is 37.8 Å². The number of benzene rings is 2. The van der Waals surface area contributed by atoms with Gasteiger partial charge in [-0.1, -0.05) is 48.9 Å². The second kappa shape index (κ2) is 11.5. The van der Waals surface area contributed by atoms with Crippen LogP contribution in [-0.2, 0) is 22.6 Å². The Morgan fingerprint density at radius 2 is 1.93 bits per heavy atom. The van der Waals surface area contributed by atoms with Crippen LogP contribution in [-0.4, -0.2) is 36.4 Å². The van der Waals surface area contributed by atoms with Gasteiger partial charge in [-0.15, -0.1) is 0 Å². The molecule has 29 heavy (non-hydrogen) atoms. The molecule has 0 heterocycles. The topological polar surface area (TPSA) is 58.6 Å². The molecule has 2 aromatic carbocycles. The average Bonchev–Trinajstić information content (AvgIpc) is 2.74. The van der Waals surface area contributed by atoms with Crippen LogP contribution >= 0.6 is 11.6 Å². The van der Waals surface area contributed by atoms with Crippen LogP contribution in [0, 0.1) is 0 Å². The minimum absolute atomic E-state index is 0.0908. The normalized spacial score (nSPS) is 11.6. The smallest absolute Gasteiger partial charge is 0.242 e. The van der Waals surface area contributed by atoms with Crippen molar-refractivity contribution in [2.45, 2.75) is 45.7 Å². The van der Waals surface area contributed by atoms with E-state index in [-0.39, 0.29) is 18.2 Å². The Morgan fingerprint density at radius 1 is 1.17 bits per heavy atom. The van der Waals surface area contributed by atoms with Gasteiger partial charge >= 0.3 is 0 Å². The molecular formula is C23H29ClN2O3. The number of aryl methyl sites for hydroxylation is 1. The molecule has 2 rings (SSSR count). The van der Waals surface area contributed by atoms with Gasteiger partial charge in [0.15, 0.2) is 0 Å². The monoisotopic (exact) mass is 416 g/mol. The molecule has 0 aliphatic heterocycles. The summed E-state index contributed by atoms with van der Waals surface area (Å²) < 4.78 is 5.28. The zero-order chi connectivity index (χ0) is 21.2. The third-order valence-corrected chi connectivity index (χ3v) is 5.14. The molecule has 0 aromatic heterocycles. The third-order valence-electron chi connectivity index (χ3n) is 4.77. The van der Waals surface area contributed by atoms with Crippen LogP contribution in [0.15, 0.2) is 48.5 Å². The van der Waals surface area contributed by atoms with Gasteiger partial charge in [0.05, 0.1) is 7.11 Å². The molecule has 0 aliphatic carbocycles. The largest absolute Gasteiger partial charge is 0.497 e. The number of nitrogens with zero attached hydrogens (tertiary/aromatic N) is 1. The minimum atomic E-state index is -0.577. The summed E-state index contributed by atoms with van der Waals surface area (Å²) >= 11 is 6.22. The van der Waals surface area contributed by atoms with E-state index in [2.05, 4.69) is 5.32 Å². The van der Waals surface area contributed by atoms with Gasteiger partial charge in [-0.25, -0.2) is 0 Å². The van der Waals surface area contributed by atoms with Gasteiger partial charge in [-0.05, 0) is 49.1 Å². The molecule has 6 heteroatoms. The fraction of sp³-hybridized carbons (Fsp3) is 0.391. The van der Waals surface area contributed by atoms with Crippen LogP contribution < -0.4 is 10.1 Å². The summed E-state index contributed by atoms with van der Waals surface area (Å²) in [5, 5.41) is 3.53. The van der Waals surface area contributed by atoms with E-state index < -0.39 is 6.04 Å². The number of carbonyl (C=O) groups is 2. The molecule has 0 saturated heterocycles. The van der Waals surface area contributed by atoms with E-state index in [0.717, 1.165) is 17.5 Å². The first-order chi connectivity index (χ1) is 14.0. The lowest BCUT2D eigenvalue weighted by Gasteiger charge is -2.29. The van der Waals surface area contributed by atoms with Crippen molar-refractivity contribution in [2.24, 2.45) is 0 Å². The summed E-state index contributed by atoms with van der Waals surface area (Å²) in [5.74, 6) is 0.474. The number of hydrogen-bond donors (Lipinski definition) is 1. The lowest BCUT2D eigenvalue weighted by molar-refractivity contribution is -0.140. The van der Waals surface area contributed by atoms with Gasteiger partial charge in [0.25, 0.3) is 0 Å². The Morgan fingerprint density at radius 3 is 2.62 bits per heavy atom. The maximum atomic E-state index is 13.1. The lowest BCUT2D eigenvalue weighted by Crippen LogP contribution is -2.47. The van der Waals surface area contributed by atoms with Crippen molar-refractivity contribution in [3.05, 3.63) is 64.7 Å². The second-order valence-electron chi connectivity index (χ2n) is 6.93. The van der Waals surface area contributed by atoms with Gasteiger partial charge < -0.3 is 15.0 Å². The van der Waals surface area contributed by atoms with Gasteiger partial charge in [0, 0.05) is 24.5 Å². The highest BCUT2D eigenvalue weighted by molar-refractivity contribution is 6.31. The lowest BCUT2D eigenvalue weighted by atomic mass is 10.1. The molecule has 1 atom stereocenters. The fourth-order valence-electron chi connectivity index (χ4n) is 3.03. The summed E-state index contributed by atoms with van der Waals surface area (Å²) in [5.41, 5.74) is 1.83. The summed E-state index contributed by atoms with van der Waals surface area (Å²) in [4.78, 5) is 27.2. The van der Waals surface area contributed by atoms with Crippen molar-refractivity contribution in [1.29, 1.82) is 0 Å². The standard InChI is InChI=1S/C23H29ClN2O3/c1-4-14-25-23(28)17(2)26(16-18-8-7-10-20(15-18)29-3)22(27)13-12-19-9-5-6-11-21(19)24/h5-11,15,17H,4,12-14,16H2,1-3H3,(H,25,28)/t17-/m1/s1. The summed E-state index contributed by atoms with van der Waals surface area (Å²) in [6, 6.07) is 14.5. The number of nitrogens with one attached hydrogen (secondary N) is 1. The van der Waals surface area contributed by atoms with Gasteiger partial charge in [0.1, 0.15) is 11.8 Å². The van der Waals surface area contributed by atoms with Crippen molar-refractivity contribution < 1.29 is 14.3 Å². The number of ether oxygens (including phenoxy) is 1. The van der Waals surface area contributed by atoms with Crippen molar-refractivity contribution in [3.63, 3.8) is 0 Å². The first-order valence-corrected chi connectivity index (χ1v) is 10.3. The van der Waals surface area contributed by atoms with Crippen molar-refractivity contribution in [1.82, 2.24) is 10.2 Å². The van der Waals surface area contributed by atoms with Crippen molar-refractivity contribution in [3.8, 4) is 5.75 Å². The SMILES string of the molecule is CCCNC(=O)[C@@H](C)N(Cc1cccc(OC)c1)C(=O)CCc1ccccc1Cl. The summed E-state index contributed by atoms with van der Waals surface area (Å²) in [6.07, 6.45) is 1.64. The molecule has 0 unspecified atom stereocenters. The number of halogens is 1. The Bertz CT molecular complexity index is 825. The van der Waals surface area contributed by atoms with E-state index in [4.69, 9.17) is 16.3 Å². The van der Waals surface area contributed by atoms with E-state index in [1.807, 2.05) is 55.5 Å². The number of rotatable bonds is 10. The molecule has 0 radical (unpaired) electrons. The van der Waals surface area contributed by atoms with Crippen molar-refractivity contribution in [2.75, 3.05) is 13.7 Å². The molecular weight excluding hydrogens is 388 g/mol. The Kier molecular flexibility index (Phi) is 9.00. The van der Waals surface area contributed by atoms with Crippen LogP contribution in [0.3, 0.4) is 0 Å². The van der Waals surface area contributed by atoms with Gasteiger partial charge in [0.2, 0.25) is 11.8 Å². The average molecular weight is 417 g/mol. The fourth-order valence-corrected chi connectivity index (χ4v) is 3.26. The summed E-state index contributed by atoms with van der Waals surface area (Å²) in [7, 11) is 1.60. The summed E-state index contributed by atoms with van der Waals surface area (Å²) in [6.45, 7) is 4.68. The Balaban J connectivity index is 2.16. The van der Waals surface area contributed by atoms with E-state index in [0.29, 0.717) is 30.3 Å². The van der Waals surface area contributed by atoms with E-state index in [1.54, 1.807) is 18.9 Å². The maximum Gasteiger partial charge on any atom is 0.242 e. The molecule has 0 saturated carbocycles. The zero-order valence-corrected chi connectivity index (χ0v) is 18.0. The molecule has 0 fully saturated rings. The van der Waals surface area contributed by atoms with Gasteiger partial charge in [-0.3, -0.25) is 9.59 Å². The van der Waals surface area contributed by atoms with Crippen molar-refractivity contribution >= 4 is 23.4 Å². The highest BCUT2D eigenvalue weighted by atomic mass is 35.5. The predicted molar refractivity (Wildman–Crippen MR) is 116 cm³/mol. The van der Waals surface area contributed by atoms with Crippen LogP contribution in [0.5, 0.6) is 5.75 Å². The zero-order valence-electron chi connectivity index (χ0n) is 17.3. The first-order valence-electron chi connectivity index (χ1n) is 9.89. The first kappa shape index (κ1) is 22.8. The molecule has 2 aromatic rings. The highest BCUT2D eigenvalue weighted by Gasteiger charge is 2.26. The molecule has 2 amide bonds.